The molecule has 1 aliphatic rings. The Bertz CT molecular complexity index is 295. The van der Waals surface area contributed by atoms with Gasteiger partial charge in [0.25, 0.3) is 0 Å². The van der Waals surface area contributed by atoms with Crippen LogP contribution in [0.5, 0.6) is 0 Å². The normalized spacial score (nSPS) is 31.7. The first kappa shape index (κ1) is 14.5. The molecule has 3 heteroatoms. The monoisotopic (exact) mass is 240 g/mol. The molecule has 0 spiro atoms. The summed E-state index contributed by atoms with van der Waals surface area (Å²) in [5.74, 6) is 0.676. The first-order valence-corrected chi connectivity index (χ1v) is 6.71. The van der Waals surface area contributed by atoms with Crippen LogP contribution in [0.1, 0.15) is 54.4 Å². The first-order valence-electron chi connectivity index (χ1n) is 6.71. The Morgan fingerprint density at radius 2 is 2.06 bits per heavy atom. The van der Waals surface area contributed by atoms with E-state index < -0.39 is 6.04 Å². The van der Waals surface area contributed by atoms with E-state index in [1.807, 2.05) is 25.7 Å². The second-order valence-electron chi connectivity index (χ2n) is 6.73. The molecule has 3 atom stereocenters. The number of carbonyl (C=O) groups is 1. The SMILES string of the molecule is CCC1(C)C(C)CCN1C(=O)C(N)C(C)(C)C. The van der Waals surface area contributed by atoms with Crippen LogP contribution in [-0.4, -0.2) is 28.9 Å². The highest BCUT2D eigenvalue weighted by molar-refractivity contribution is 5.83. The Kier molecular flexibility index (Phi) is 3.92. The largest absolute Gasteiger partial charge is 0.336 e. The number of likely N-dealkylation sites (tertiary alicyclic amines) is 1. The van der Waals surface area contributed by atoms with Crippen molar-refractivity contribution in [2.24, 2.45) is 17.1 Å². The van der Waals surface area contributed by atoms with Crippen molar-refractivity contribution in [2.75, 3.05) is 6.54 Å². The highest BCUT2D eigenvalue weighted by Gasteiger charge is 2.46. The van der Waals surface area contributed by atoms with Crippen LogP contribution in [0.2, 0.25) is 0 Å². The van der Waals surface area contributed by atoms with Crippen molar-refractivity contribution in [1.29, 1.82) is 0 Å². The van der Waals surface area contributed by atoms with E-state index in [-0.39, 0.29) is 16.9 Å². The highest BCUT2D eigenvalue weighted by atomic mass is 16.2. The Hall–Kier alpha value is -0.570. The van der Waals surface area contributed by atoms with E-state index in [4.69, 9.17) is 5.73 Å². The van der Waals surface area contributed by atoms with Crippen molar-refractivity contribution >= 4 is 5.91 Å². The number of hydrogen-bond acceptors (Lipinski definition) is 2. The van der Waals surface area contributed by atoms with Gasteiger partial charge >= 0.3 is 0 Å². The molecule has 0 aromatic heterocycles. The molecule has 1 aliphatic heterocycles. The van der Waals surface area contributed by atoms with Crippen LogP contribution in [0.25, 0.3) is 0 Å². The average molecular weight is 240 g/mol. The van der Waals surface area contributed by atoms with Crippen molar-refractivity contribution in [3.05, 3.63) is 0 Å². The molecule has 3 unspecified atom stereocenters. The van der Waals surface area contributed by atoms with E-state index in [2.05, 4.69) is 20.8 Å². The Balaban J connectivity index is 2.91. The molecule has 0 aliphatic carbocycles. The van der Waals surface area contributed by atoms with Gasteiger partial charge in [0.05, 0.1) is 6.04 Å². The summed E-state index contributed by atoms with van der Waals surface area (Å²) in [6.45, 7) is 13.5. The van der Waals surface area contributed by atoms with Crippen LogP contribution < -0.4 is 5.73 Å². The third-order valence-electron chi connectivity index (χ3n) is 4.64. The number of carbonyl (C=O) groups excluding carboxylic acids is 1. The predicted octanol–water partition coefficient (Wildman–Crippen LogP) is 2.40. The van der Waals surface area contributed by atoms with Crippen LogP contribution in [0.15, 0.2) is 0 Å². The van der Waals surface area contributed by atoms with Gasteiger partial charge in [-0.15, -0.1) is 0 Å². The van der Waals surface area contributed by atoms with Crippen LogP contribution in [0.4, 0.5) is 0 Å². The van der Waals surface area contributed by atoms with Gasteiger partial charge in [0.15, 0.2) is 0 Å². The quantitative estimate of drug-likeness (QED) is 0.805. The molecule has 100 valence electrons. The lowest BCUT2D eigenvalue weighted by Crippen LogP contribution is -2.56. The van der Waals surface area contributed by atoms with Crippen molar-refractivity contribution in [2.45, 2.75) is 66.0 Å². The number of rotatable bonds is 2. The Labute approximate surface area is 106 Å². The van der Waals surface area contributed by atoms with Crippen LogP contribution >= 0.6 is 0 Å². The summed E-state index contributed by atoms with van der Waals surface area (Å²) in [4.78, 5) is 14.5. The molecule has 0 aromatic rings. The van der Waals surface area contributed by atoms with E-state index in [9.17, 15) is 4.79 Å². The van der Waals surface area contributed by atoms with Crippen molar-refractivity contribution < 1.29 is 4.79 Å². The van der Waals surface area contributed by atoms with Gasteiger partial charge in [-0.3, -0.25) is 4.79 Å². The molecule has 0 radical (unpaired) electrons. The average Bonchev–Trinajstić information content (AvgIpc) is 2.53. The van der Waals surface area contributed by atoms with Crippen LogP contribution in [-0.2, 0) is 4.79 Å². The number of nitrogens with zero attached hydrogens (tertiary/aromatic N) is 1. The van der Waals surface area contributed by atoms with Crippen LogP contribution in [0.3, 0.4) is 0 Å². The van der Waals surface area contributed by atoms with Gasteiger partial charge in [-0.1, -0.05) is 34.6 Å². The van der Waals surface area contributed by atoms with Gasteiger partial charge in [0, 0.05) is 12.1 Å². The molecule has 1 amide bonds. The zero-order chi connectivity index (χ0) is 13.4. The summed E-state index contributed by atoms with van der Waals surface area (Å²) in [5.41, 5.74) is 5.92. The summed E-state index contributed by atoms with van der Waals surface area (Å²) in [7, 11) is 0. The predicted molar refractivity (Wildman–Crippen MR) is 71.6 cm³/mol. The lowest BCUT2D eigenvalue weighted by atomic mass is 9.83. The minimum atomic E-state index is -0.404. The van der Waals surface area contributed by atoms with Crippen molar-refractivity contribution in [1.82, 2.24) is 4.90 Å². The molecule has 0 bridgehead atoms. The third-order valence-corrected chi connectivity index (χ3v) is 4.64. The van der Waals surface area contributed by atoms with Gasteiger partial charge in [-0.2, -0.15) is 0 Å². The number of hydrogen-bond donors (Lipinski definition) is 1. The van der Waals surface area contributed by atoms with E-state index in [1.54, 1.807) is 0 Å². The summed E-state index contributed by atoms with van der Waals surface area (Å²) < 4.78 is 0. The standard InChI is InChI=1S/C14H28N2O/c1-7-14(6)10(2)8-9-16(14)12(17)11(15)13(3,4)5/h10-11H,7-9,15H2,1-6H3. The van der Waals surface area contributed by atoms with Gasteiger partial charge in [0.1, 0.15) is 0 Å². The second kappa shape index (κ2) is 4.60. The zero-order valence-electron chi connectivity index (χ0n) is 12.2. The summed E-state index contributed by atoms with van der Waals surface area (Å²) >= 11 is 0. The summed E-state index contributed by atoms with van der Waals surface area (Å²) in [5, 5.41) is 0. The molecule has 1 saturated heterocycles. The maximum atomic E-state index is 12.5. The van der Waals surface area contributed by atoms with Crippen LogP contribution in [0, 0.1) is 11.3 Å². The second-order valence-corrected chi connectivity index (χ2v) is 6.73. The molecule has 1 heterocycles. The number of nitrogens with two attached hydrogens (primary N) is 1. The molecule has 17 heavy (non-hydrogen) atoms. The Morgan fingerprint density at radius 3 is 2.47 bits per heavy atom. The first-order chi connectivity index (χ1) is 7.64. The smallest absolute Gasteiger partial charge is 0.240 e. The molecular weight excluding hydrogens is 212 g/mol. The van der Waals surface area contributed by atoms with Gasteiger partial charge in [-0.05, 0) is 31.1 Å². The molecule has 1 rings (SSSR count). The fourth-order valence-corrected chi connectivity index (χ4v) is 2.59. The zero-order valence-corrected chi connectivity index (χ0v) is 12.2. The lowest BCUT2D eigenvalue weighted by Gasteiger charge is -2.41. The lowest BCUT2D eigenvalue weighted by molar-refractivity contribution is -0.139. The molecule has 2 N–H and O–H groups in total. The van der Waals surface area contributed by atoms with E-state index in [1.165, 1.54) is 0 Å². The van der Waals surface area contributed by atoms with E-state index in [0.29, 0.717) is 5.92 Å². The topological polar surface area (TPSA) is 46.3 Å². The highest BCUT2D eigenvalue weighted by Crippen LogP contribution is 2.38. The maximum Gasteiger partial charge on any atom is 0.240 e. The fourth-order valence-electron chi connectivity index (χ4n) is 2.59. The van der Waals surface area contributed by atoms with Crippen molar-refractivity contribution in [3.63, 3.8) is 0 Å². The molecule has 0 saturated carbocycles. The Morgan fingerprint density at radius 1 is 1.53 bits per heavy atom. The summed E-state index contributed by atoms with van der Waals surface area (Å²) in [6, 6.07) is -0.404. The van der Waals surface area contributed by atoms with Crippen molar-refractivity contribution in [3.8, 4) is 0 Å². The maximum absolute atomic E-state index is 12.5. The number of amides is 1. The third kappa shape index (κ3) is 2.49. The van der Waals surface area contributed by atoms with E-state index in [0.717, 1.165) is 19.4 Å². The van der Waals surface area contributed by atoms with Gasteiger partial charge < -0.3 is 10.6 Å². The van der Waals surface area contributed by atoms with Gasteiger partial charge in [0.2, 0.25) is 5.91 Å². The molecule has 0 aromatic carbocycles. The summed E-state index contributed by atoms with van der Waals surface area (Å²) in [6.07, 6.45) is 2.09. The minimum absolute atomic E-state index is 0.0139. The molecule has 1 fully saturated rings. The molecule has 3 nitrogen and oxygen atoms in total. The van der Waals surface area contributed by atoms with Gasteiger partial charge in [-0.25, -0.2) is 0 Å². The minimum Gasteiger partial charge on any atom is -0.336 e. The van der Waals surface area contributed by atoms with E-state index >= 15 is 0 Å². The fraction of sp³-hybridized carbons (Fsp3) is 0.929. The molecular formula is C14H28N2O.